The largest absolute Gasteiger partial charge is 0.481 e. The number of aliphatic hydroxyl groups excluding tert-OH is 2. The molecular formula is C39H62O9. The van der Waals surface area contributed by atoms with Gasteiger partial charge in [0.1, 0.15) is 0 Å². The van der Waals surface area contributed by atoms with E-state index in [1.807, 2.05) is 6.92 Å². The summed E-state index contributed by atoms with van der Waals surface area (Å²) in [6.07, 6.45) is 9.56. The first-order valence-electron chi connectivity index (χ1n) is 19.6. The third-order valence-corrected chi connectivity index (χ3v) is 16.7. The highest BCUT2D eigenvalue weighted by molar-refractivity contribution is 5.66. The van der Waals surface area contributed by atoms with Crippen LogP contribution in [-0.4, -0.2) is 63.6 Å². The van der Waals surface area contributed by atoms with Gasteiger partial charge in [-0.3, -0.25) is 4.79 Å². The van der Waals surface area contributed by atoms with Crippen LogP contribution < -0.4 is 0 Å². The lowest BCUT2D eigenvalue weighted by Crippen LogP contribution is -2.70. The van der Waals surface area contributed by atoms with Crippen LogP contribution in [0.3, 0.4) is 0 Å². The van der Waals surface area contributed by atoms with Crippen molar-refractivity contribution in [1.29, 1.82) is 0 Å². The van der Waals surface area contributed by atoms with E-state index in [0.29, 0.717) is 24.2 Å². The summed E-state index contributed by atoms with van der Waals surface area (Å²) in [4.78, 5) is 23.7. The zero-order valence-corrected chi connectivity index (χ0v) is 30.1. The molecule has 0 aromatic rings. The van der Waals surface area contributed by atoms with Gasteiger partial charge in [-0.05, 0) is 136 Å². The minimum atomic E-state index is -0.805. The number of carboxylic acid groups (broad SMARTS) is 1. The molecule has 4 saturated heterocycles. The van der Waals surface area contributed by atoms with Gasteiger partial charge in [-0.15, -0.1) is 0 Å². The Morgan fingerprint density at radius 3 is 2.44 bits per heavy atom. The molecule has 9 rings (SSSR count). The second-order valence-corrected chi connectivity index (χ2v) is 18.8. The molecule has 19 atom stereocenters. The molecule has 0 aromatic carbocycles. The second kappa shape index (κ2) is 11.9. The molecule has 9 heteroatoms. The van der Waals surface area contributed by atoms with Crippen molar-refractivity contribution >= 4 is 5.97 Å². The summed E-state index contributed by atoms with van der Waals surface area (Å²) in [6.45, 7) is 13.4. The zero-order valence-electron chi connectivity index (χ0n) is 30.1. The molecule has 9 nitrogen and oxygen atoms in total. The summed E-state index contributed by atoms with van der Waals surface area (Å²) in [7, 11) is 0. The molecule has 3 N–H and O–H groups in total. The fraction of sp³-hybridized carbons (Fsp3) is 0.974. The molecule has 9 unspecified atom stereocenters. The van der Waals surface area contributed by atoms with E-state index in [4.69, 9.17) is 24.0 Å². The average molecular weight is 675 g/mol. The fourth-order valence-corrected chi connectivity index (χ4v) is 14.0. The number of ether oxygens (including phenoxy) is 3. The van der Waals surface area contributed by atoms with Crippen LogP contribution >= 0.6 is 0 Å². The highest BCUT2D eigenvalue weighted by Crippen LogP contribution is 2.69. The first-order valence-corrected chi connectivity index (χ1v) is 19.6. The maximum absolute atomic E-state index is 12.0. The van der Waals surface area contributed by atoms with Crippen molar-refractivity contribution in [2.45, 2.75) is 167 Å². The summed E-state index contributed by atoms with van der Waals surface area (Å²) in [5.74, 6) is 1.23. The van der Waals surface area contributed by atoms with E-state index >= 15 is 0 Å². The van der Waals surface area contributed by atoms with Crippen LogP contribution in [0.25, 0.3) is 0 Å². The number of fused-ring (bicyclic) bond motifs is 7. The van der Waals surface area contributed by atoms with Crippen molar-refractivity contribution < 1.29 is 44.1 Å². The number of hydrogen-bond donors (Lipinski definition) is 3. The number of carboxylic acids is 1. The van der Waals surface area contributed by atoms with Gasteiger partial charge < -0.3 is 29.5 Å². The van der Waals surface area contributed by atoms with Gasteiger partial charge in [0.2, 0.25) is 5.79 Å². The molecule has 0 amide bonds. The Hall–Kier alpha value is -0.810. The molecule has 1 spiro atoms. The van der Waals surface area contributed by atoms with Crippen LogP contribution in [0.2, 0.25) is 0 Å². The third kappa shape index (κ3) is 4.90. The monoisotopic (exact) mass is 674 g/mol. The normalized spacial score (nSPS) is 57.8. The lowest BCUT2D eigenvalue weighted by molar-refractivity contribution is -0.578. The maximum atomic E-state index is 12.0. The molecule has 5 aliphatic carbocycles. The topological polar surface area (TPSA) is 124 Å². The highest BCUT2D eigenvalue weighted by Gasteiger charge is 2.70. The predicted molar refractivity (Wildman–Crippen MR) is 176 cm³/mol. The summed E-state index contributed by atoms with van der Waals surface area (Å²) < 4.78 is 20.4. The van der Waals surface area contributed by atoms with Crippen LogP contribution in [0.15, 0.2) is 0 Å². The Labute approximate surface area is 287 Å². The number of hydrogen-bond acceptors (Lipinski definition) is 8. The molecule has 4 aliphatic heterocycles. The molecule has 4 heterocycles. The standard InChI is InChI=1S/C39H62O9/c1-20(8-12-32(42)43)25-10-11-28-33-29(19-31(41)38(25,28)6)36(4)15-13-24(17-23(36)18-30(33)40)44-34-22(3)27-9-7-21(2)26-14-16-37(5)46-35(45-34)39(26,27)48-47-37/h20-31,33-35,40-41H,7-19H2,1-6H3,(H,42,43)/t20-,21-,22-,23?,24-,25-,26?,27?,28?,29?,30?,31+,33?,34?,35?,36+,37-,38-,39-/m1/s1. The zero-order chi connectivity index (χ0) is 34.0. The van der Waals surface area contributed by atoms with E-state index in [2.05, 4.69) is 34.6 Å². The van der Waals surface area contributed by atoms with Gasteiger partial charge in [0.15, 0.2) is 18.2 Å². The van der Waals surface area contributed by atoms with Gasteiger partial charge in [-0.25, -0.2) is 9.78 Å². The third-order valence-electron chi connectivity index (χ3n) is 16.7. The van der Waals surface area contributed by atoms with Gasteiger partial charge in [0.05, 0.1) is 18.3 Å². The molecule has 48 heavy (non-hydrogen) atoms. The molecular weight excluding hydrogens is 612 g/mol. The van der Waals surface area contributed by atoms with Crippen molar-refractivity contribution in [3.63, 3.8) is 0 Å². The average Bonchev–Trinajstić information content (AvgIpc) is 3.24. The summed E-state index contributed by atoms with van der Waals surface area (Å²) in [6, 6.07) is 0. The number of aliphatic carboxylic acids is 1. The smallest absolute Gasteiger partial charge is 0.303 e. The van der Waals surface area contributed by atoms with Crippen molar-refractivity contribution in [3.05, 3.63) is 0 Å². The number of carbonyl (C=O) groups is 1. The quantitative estimate of drug-likeness (QED) is 0.209. The lowest BCUT2D eigenvalue weighted by Gasteiger charge is -2.64. The van der Waals surface area contributed by atoms with Crippen LogP contribution in [0, 0.1) is 70.0 Å². The van der Waals surface area contributed by atoms with Crippen LogP contribution in [0.5, 0.6) is 0 Å². The van der Waals surface area contributed by atoms with Crippen molar-refractivity contribution in [1.82, 2.24) is 0 Å². The van der Waals surface area contributed by atoms with E-state index in [9.17, 15) is 20.1 Å². The Bertz CT molecular complexity index is 1250. The SMILES string of the molecule is C[C@H]1C(O[C@@H]2CC[C@@]3(C)C(CC(O)C4C3C[C@H](O)[C@@]3(C)C4CC[C@@H]3[C@H](C)CCC(=O)O)C2)OC2O[C@@]3(C)CCC4[C@H](C)CCC1[C@@]24OO3. The van der Waals surface area contributed by atoms with Gasteiger partial charge in [0.25, 0.3) is 0 Å². The highest BCUT2D eigenvalue weighted by atomic mass is 17.3. The lowest BCUT2D eigenvalue weighted by atomic mass is 9.43. The van der Waals surface area contributed by atoms with E-state index in [1.54, 1.807) is 0 Å². The van der Waals surface area contributed by atoms with E-state index in [0.717, 1.165) is 64.2 Å². The summed E-state index contributed by atoms with van der Waals surface area (Å²) in [5.41, 5.74) is -0.834. The predicted octanol–water partition coefficient (Wildman–Crippen LogP) is 6.68. The Balaban J connectivity index is 0.975. The minimum absolute atomic E-state index is 0.0399. The number of rotatable bonds is 6. The first kappa shape index (κ1) is 34.3. The molecule has 9 fully saturated rings. The van der Waals surface area contributed by atoms with Gasteiger partial charge >= 0.3 is 5.97 Å². The molecule has 5 saturated carbocycles. The van der Waals surface area contributed by atoms with Gasteiger partial charge in [-0.1, -0.05) is 34.6 Å². The number of aliphatic hydroxyl groups is 2. The fourth-order valence-electron chi connectivity index (χ4n) is 14.0. The molecule has 2 bridgehead atoms. The van der Waals surface area contributed by atoms with Crippen LogP contribution in [0.1, 0.15) is 125 Å². The maximum Gasteiger partial charge on any atom is 0.303 e. The molecule has 0 aromatic heterocycles. The van der Waals surface area contributed by atoms with E-state index in [-0.39, 0.29) is 71.1 Å². The van der Waals surface area contributed by atoms with E-state index < -0.39 is 35.9 Å². The molecule has 272 valence electrons. The minimum Gasteiger partial charge on any atom is -0.481 e. The van der Waals surface area contributed by atoms with Crippen molar-refractivity contribution in [2.75, 3.05) is 0 Å². The Morgan fingerprint density at radius 2 is 1.67 bits per heavy atom. The summed E-state index contributed by atoms with van der Waals surface area (Å²) in [5, 5.41) is 33.2. The molecule has 0 radical (unpaired) electrons. The van der Waals surface area contributed by atoms with Crippen molar-refractivity contribution in [3.8, 4) is 0 Å². The van der Waals surface area contributed by atoms with Crippen molar-refractivity contribution in [2.24, 2.45) is 70.0 Å². The Morgan fingerprint density at radius 1 is 0.896 bits per heavy atom. The van der Waals surface area contributed by atoms with E-state index in [1.165, 1.54) is 6.42 Å². The summed E-state index contributed by atoms with van der Waals surface area (Å²) >= 11 is 0. The Kier molecular flexibility index (Phi) is 8.47. The molecule has 9 aliphatic rings. The van der Waals surface area contributed by atoms with Crippen LogP contribution in [-0.2, 0) is 28.8 Å². The first-order chi connectivity index (χ1) is 22.7. The van der Waals surface area contributed by atoms with Gasteiger partial charge in [0, 0.05) is 24.7 Å². The van der Waals surface area contributed by atoms with Crippen LogP contribution in [0.4, 0.5) is 0 Å². The van der Waals surface area contributed by atoms with Gasteiger partial charge in [-0.2, -0.15) is 0 Å². The second-order valence-electron chi connectivity index (χ2n) is 18.8.